The van der Waals surface area contributed by atoms with Gasteiger partial charge < -0.3 is 0 Å². The van der Waals surface area contributed by atoms with Gasteiger partial charge in [0.2, 0.25) is 0 Å². The summed E-state index contributed by atoms with van der Waals surface area (Å²) in [6.45, 7) is 2.64. The van der Waals surface area contributed by atoms with Crippen LogP contribution in [0.5, 0.6) is 0 Å². The molecular formula is C62H77N21+6. The molecule has 21 nitrogen and oxygen atoms in total. The number of aromatic nitrogens is 21. The van der Waals surface area contributed by atoms with Crippen LogP contribution in [-0.2, 0) is 77.5 Å². The fourth-order valence-electron chi connectivity index (χ4n) is 12.2. The highest BCUT2D eigenvalue weighted by molar-refractivity contribution is 5.80. The zero-order chi connectivity index (χ0) is 66.4. The van der Waals surface area contributed by atoms with Crippen molar-refractivity contribution in [3.05, 3.63) is 168 Å². The molecule has 0 N–H and O–H groups in total. The molecule has 424 valence electrons. The van der Waals surface area contributed by atoms with Crippen LogP contribution in [0.2, 0.25) is 0 Å². The lowest BCUT2D eigenvalue weighted by molar-refractivity contribution is -0.689. The minimum atomic E-state index is -2.29. The molecule has 2 aromatic carbocycles. The molecule has 0 radical (unpaired) electrons. The van der Waals surface area contributed by atoms with E-state index < -0.39 is 20.6 Å². The second-order valence-electron chi connectivity index (χ2n) is 21.6. The van der Waals surface area contributed by atoms with Gasteiger partial charge in [-0.2, -0.15) is 33.2 Å². The number of hydrogen-bond acceptors (Lipinski definition) is 3. The van der Waals surface area contributed by atoms with Gasteiger partial charge in [0.1, 0.15) is 79.0 Å². The highest BCUT2D eigenvalue weighted by atomic mass is 15.5. The Hall–Kier alpha value is -9.79. The molecule has 0 aliphatic rings. The minimum Gasteiger partial charge on any atom is -0.259 e. The predicted molar refractivity (Wildman–Crippen MR) is 317 cm³/mol. The van der Waals surface area contributed by atoms with E-state index in [1.807, 2.05) is 181 Å². The maximum atomic E-state index is 8.11. The first kappa shape index (κ1) is 43.9. The van der Waals surface area contributed by atoms with Crippen LogP contribution >= 0.6 is 0 Å². The summed E-state index contributed by atoms with van der Waals surface area (Å²) < 4.78 is 108. The smallest absolute Gasteiger partial charge is 0.259 e. The molecule has 0 atom stereocenters. The molecule has 0 unspecified atom stereocenters. The number of hydrogen-bond donors (Lipinski definition) is 0. The quantitative estimate of drug-likeness (QED) is 0.198. The fraction of sp³-hybridized carbons (Fsp3) is 0.306. The van der Waals surface area contributed by atoms with Crippen LogP contribution in [0.25, 0.3) is 86.1 Å². The lowest BCUT2D eigenvalue weighted by atomic mass is 10.1. The van der Waals surface area contributed by atoms with Crippen molar-refractivity contribution in [2.75, 3.05) is 0 Å². The van der Waals surface area contributed by atoms with Crippen LogP contribution in [0.1, 0.15) is 57.6 Å². The number of rotatable bonds is 7. The molecule has 0 spiro atoms. The normalized spacial score (nSPS) is 13.9. The van der Waals surface area contributed by atoms with Crippen LogP contribution in [0.3, 0.4) is 0 Å². The van der Waals surface area contributed by atoms with E-state index >= 15 is 0 Å². The van der Waals surface area contributed by atoms with E-state index in [4.69, 9.17) is 17.3 Å². The number of fused-ring (bicyclic) bond motifs is 5. The van der Waals surface area contributed by atoms with Crippen LogP contribution in [-0.4, -0.2) is 69.6 Å². The Bertz CT molecular complexity index is 5190. The Morgan fingerprint density at radius 3 is 1.43 bits per heavy atom. The van der Waals surface area contributed by atoms with Crippen molar-refractivity contribution in [2.45, 2.75) is 55.2 Å². The molecule has 14 aromatic rings. The average molecular weight is 1130 g/mol. The summed E-state index contributed by atoms with van der Waals surface area (Å²) in [5.41, 5.74) is 10.3. The number of benzene rings is 2. The van der Waals surface area contributed by atoms with Gasteiger partial charge in [-0.25, -0.2) is 36.9 Å². The number of aryl methyl sites for hydroxylation is 16. The molecule has 14 rings (SSSR count). The largest absolute Gasteiger partial charge is 0.327 e. The molecule has 0 saturated carbocycles. The molecular weight excluding hydrogens is 1040 g/mol. The van der Waals surface area contributed by atoms with Gasteiger partial charge in [-0.3, -0.25) is 13.2 Å². The minimum absolute atomic E-state index is 0.100. The fourth-order valence-corrected chi connectivity index (χ4v) is 12.2. The Balaban J connectivity index is 0.000000136. The van der Waals surface area contributed by atoms with Gasteiger partial charge in [-0.15, -0.1) is 14.0 Å². The molecule has 0 bridgehead atoms. The molecule has 12 heterocycles. The Labute approximate surface area is 494 Å². The van der Waals surface area contributed by atoms with Crippen LogP contribution < -0.4 is 27.7 Å². The summed E-state index contributed by atoms with van der Waals surface area (Å²) in [7, 11) is 22.0. The van der Waals surface area contributed by atoms with E-state index in [1.54, 1.807) is 19.1 Å². The van der Waals surface area contributed by atoms with E-state index in [0.29, 0.717) is 28.6 Å². The molecule has 83 heavy (non-hydrogen) atoms. The van der Waals surface area contributed by atoms with Crippen molar-refractivity contribution in [3.8, 4) is 57.7 Å². The lowest BCUT2D eigenvalue weighted by Gasteiger charge is -2.09. The maximum Gasteiger partial charge on any atom is 0.327 e. The zero-order valence-corrected chi connectivity index (χ0v) is 49.9. The first-order valence-corrected chi connectivity index (χ1v) is 27.2. The van der Waals surface area contributed by atoms with Gasteiger partial charge in [-0.05, 0) is 78.4 Å². The van der Waals surface area contributed by atoms with Gasteiger partial charge in [0.25, 0.3) is 0 Å². The molecule has 0 aliphatic heterocycles. The molecule has 0 aliphatic carbocycles. The standard InChI is InChI=1S/C25H31N7.C19H21N7.C18H25N7/c1-16-10-9-11-17(2)22(16)30-15-14-27(6)24(30)21-12-13-31(29(21)8)23-20(5)32-19(4)18(3)26-25(32)28(23)7;1-21-11-12-22(2)18(21)16-9-10-26(24(16)4)17-13-25-15-8-6-5-7-14(15)20-19(25)23(17)3;1-12-13(2)25-14(3)16(22(6)18(25)19-12)24-9-8-15(23(24)7)17-20(4)10-11-21(17)5/h9-15H,1-8H3;5-13H,1-4H3;8-11H,1-7H3/q3*+2/i1D3,3D3;;1D3. The summed E-state index contributed by atoms with van der Waals surface area (Å²) in [6, 6.07) is 19.8. The first-order chi connectivity index (χ1) is 43.2. The van der Waals surface area contributed by atoms with Gasteiger partial charge in [0, 0.05) is 63.1 Å². The van der Waals surface area contributed by atoms with Crippen LogP contribution in [0, 0.1) is 55.2 Å². The molecule has 0 amide bonds. The van der Waals surface area contributed by atoms with Gasteiger partial charge in [0.05, 0.1) is 78.8 Å². The predicted octanol–water partition coefficient (Wildman–Crippen LogP) is 5.43. The number of para-hydroxylation sites is 3. The van der Waals surface area contributed by atoms with Crippen molar-refractivity contribution in [1.82, 2.24) is 69.6 Å². The van der Waals surface area contributed by atoms with E-state index in [1.165, 1.54) is 0 Å². The second kappa shape index (κ2) is 19.7. The monoisotopic (exact) mass is 1120 g/mol. The third kappa shape index (κ3) is 8.13. The first-order valence-electron chi connectivity index (χ1n) is 31.7. The van der Waals surface area contributed by atoms with Gasteiger partial charge in [0.15, 0.2) is 17.1 Å². The SMILES string of the molecule is Cn1cc[n+](C)c1-c1cc[n+](-c2cn3c4ccccc4nc3n2C)n1C.[2H]C([2H])([2H])c1cccc(C)c1-n1cc[n+](C)c1-c1cc[n+](-c2c(C)n3c(C)c(C([2H])([2H])[2H])nc3n2C)n1C.[2H]C([2H])([2H])c1nc2n(C)c(-[n+]3ccc(-c4n(C)cc[n+]4C)n3C)c(C)n2c1C. The Morgan fingerprint density at radius 1 is 0.446 bits per heavy atom. The maximum absolute atomic E-state index is 8.11. The van der Waals surface area contributed by atoms with Crippen molar-refractivity contribution < 1.29 is 40.1 Å². The van der Waals surface area contributed by atoms with E-state index in [9.17, 15) is 0 Å². The van der Waals surface area contributed by atoms with Crippen molar-refractivity contribution >= 4 is 28.4 Å². The highest BCUT2D eigenvalue weighted by Crippen LogP contribution is 2.27. The summed E-state index contributed by atoms with van der Waals surface area (Å²) >= 11 is 0. The Kier molecular flexibility index (Phi) is 10.4. The zero-order valence-electron chi connectivity index (χ0n) is 58.9. The molecule has 21 heteroatoms. The third-order valence-corrected chi connectivity index (χ3v) is 16.5. The number of nitrogens with zero attached hydrogens (tertiary/aromatic N) is 21. The highest BCUT2D eigenvalue weighted by Gasteiger charge is 2.33. The summed E-state index contributed by atoms with van der Waals surface area (Å²) in [4.78, 5) is 13.7. The lowest BCUT2D eigenvalue weighted by Crippen LogP contribution is -2.42. The van der Waals surface area contributed by atoms with E-state index in [0.717, 1.165) is 85.8 Å². The van der Waals surface area contributed by atoms with E-state index in [2.05, 4.69) is 127 Å². The molecule has 0 fully saturated rings. The third-order valence-electron chi connectivity index (χ3n) is 16.5. The van der Waals surface area contributed by atoms with Gasteiger partial charge in [-0.1, -0.05) is 30.3 Å². The van der Waals surface area contributed by atoms with E-state index in [-0.39, 0.29) is 17.0 Å². The second-order valence-corrected chi connectivity index (χ2v) is 21.6. The summed E-state index contributed by atoms with van der Waals surface area (Å²) in [5.74, 6) is 7.97. The topological polar surface area (TPSA) is 120 Å². The van der Waals surface area contributed by atoms with Crippen LogP contribution in [0.15, 0.2) is 123 Å². The molecule has 0 saturated heterocycles. The van der Waals surface area contributed by atoms with Crippen molar-refractivity contribution in [3.63, 3.8) is 0 Å². The number of imidazole rings is 9. The Morgan fingerprint density at radius 2 is 0.928 bits per heavy atom. The average Bonchev–Trinajstić information content (AvgIpc) is 1.58. The molecule has 12 aromatic heterocycles. The summed E-state index contributed by atoms with van der Waals surface area (Å²) in [5, 5.41) is 0. The summed E-state index contributed by atoms with van der Waals surface area (Å²) in [6.07, 6.45) is 20.2. The van der Waals surface area contributed by atoms with Gasteiger partial charge >= 0.3 is 52.3 Å². The van der Waals surface area contributed by atoms with Crippen LogP contribution in [0.4, 0.5) is 0 Å². The van der Waals surface area contributed by atoms with Crippen molar-refractivity contribution in [2.24, 2.45) is 77.5 Å². The van der Waals surface area contributed by atoms with Crippen molar-refractivity contribution in [1.29, 1.82) is 0 Å².